The summed E-state index contributed by atoms with van der Waals surface area (Å²) in [6, 6.07) is 5.12. The van der Waals surface area contributed by atoms with E-state index in [2.05, 4.69) is 16.8 Å². The van der Waals surface area contributed by atoms with Gasteiger partial charge in [0.15, 0.2) is 0 Å². The van der Waals surface area contributed by atoms with E-state index in [4.69, 9.17) is 34.7 Å². The molecule has 0 amide bonds. The molecular weight excluding hydrogens is 405 g/mol. The first-order valence-electron chi connectivity index (χ1n) is 8.68. The highest BCUT2D eigenvalue weighted by Gasteiger charge is 2.30. The molecule has 146 valence electrons. The Morgan fingerprint density at radius 2 is 1.96 bits per heavy atom. The Morgan fingerprint density at radius 3 is 2.56 bits per heavy atom. The number of anilines is 2. The van der Waals surface area contributed by atoms with Crippen LogP contribution in [-0.4, -0.2) is 29.2 Å². The third kappa shape index (κ3) is 4.21. The van der Waals surface area contributed by atoms with E-state index in [1.54, 1.807) is 29.8 Å². The molecule has 9 heteroatoms. The lowest BCUT2D eigenvalue weighted by Gasteiger charge is -2.39. The molecule has 0 atom stereocenters. The molecule has 3 rings (SSSR count). The first-order chi connectivity index (χ1) is 12.7. The van der Waals surface area contributed by atoms with Gasteiger partial charge in [-0.05, 0) is 43.0 Å². The van der Waals surface area contributed by atoms with Gasteiger partial charge in [0, 0.05) is 30.1 Å². The number of benzene rings is 1. The van der Waals surface area contributed by atoms with Crippen molar-refractivity contribution < 1.29 is 0 Å². The molecule has 0 bridgehead atoms. The summed E-state index contributed by atoms with van der Waals surface area (Å²) in [6.45, 7) is 4.44. The quantitative estimate of drug-likeness (QED) is 0.776. The highest BCUT2D eigenvalue weighted by Crippen LogP contribution is 2.36. The van der Waals surface area contributed by atoms with E-state index in [0.29, 0.717) is 32.3 Å². The second-order valence-corrected chi connectivity index (χ2v) is 9.06. The molecule has 4 N–H and O–H groups in total. The van der Waals surface area contributed by atoms with E-state index in [1.165, 1.54) is 11.8 Å². The second kappa shape index (κ2) is 7.91. The maximum absolute atomic E-state index is 12.9. The first kappa shape index (κ1) is 20.3. The van der Waals surface area contributed by atoms with Gasteiger partial charge in [-0.1, -0.05) is 41.9 Å². The zero-order valence-electron chi connectivity index (χ0n) is 15.3. The molecule has 1 saturated heterocycles. The molecule has 0 unspecified atom stereocenters. The van der Waals surface area contributed by atoms with E-state index < -0.39 is 0 Å². The van der Waals surface area contributed by atoms with Gasteiger partial charge in [-0.15, -0.1) is 0 Å². The average molecular weight is 428 g/mol. The van der Waals surface area contributed by atoms with E-state index in [-0.39, 0.29) is 16.8 Å². The fraction of sp³-hybridized carbons (Fsp3) is 0.444. The van der Waals surface area contributed by atoms with Crippen molar-refractivity contribution in [2.24, 2.45) is 18.2 Å². The van der Waals surface area contributed by atoms with Gasteiger partial charge >= 0.3 is 0 Å². The third-order valence-corrected chi connectivity index (χ3v) is 6.93. The molecule has 0 saturated carbocycles. The molecule has 1 fully saturated rings. The number of piperidine rings is 1. The normalized spacial score (nSPS) is 16.6. The summed E-state index contributed by atoms with van der Waals surface area (Å²) in [4.78, 5) is 20.6. The highest BCUT2D eigenvalue weighted by atomic mass is 35.5. The minimum Gasteiger partial charge on any atom is -0.382 e. The van der Waals surface area contributed by atoms with Crippen LogP contribution in [0.5, 0.6) is 0 Å². The fourth-order valence-corrected chi connectivity index (χ4v) is 4.49. The third-order valence-electron chi connectivity index (χ3n) is 5.10. The van der Waals surface area contributed by atoms with Crippen LogP contribution in [0, 0.1) is 5.41 Å². The molecule has 1 aliphatic heterocycles. The van der Waals surface area contributed by atoms with Crippen molar-refractivity contribution >= 4 is 46.7 Å². The summed E-state index contributed by atoms with van der Waals surface area (Å²) < 4.78 is 1.55. The zero-order valence-corrected chi connectivity index (χ0v) is 17.7. The number of halogens is 2. The van der Waals surface area contributed by atoms with Crippen molar-refractivity contribution in [1.82, 2.24) is 9.55 Å². The van der Waals surface area contributed by atoms with Gasteiger partial charge in [-0.2, -0.15) is 4.98 Å². The van der Waals surface area contributed by atoms with Gasteiger partial charge in [0.2, 0.25) is 5.95 Å². The lowest BCUT2D eigenvalue weighted by atomic mass is 9.81. The van der Waals surface area contributed by atoms with Crippen LogP contribution < -0.4 is 21.9 Å². The minimum absolute atomic E-state index is 0.141. The fourth-order valence-electron chi connectivity index (χ4n) is 3.08. The molecule has 2 heterocycles. The van der Waals surface area contributed by atoms with Gasteiger partial charge in [-0.3, -0.25) is 9.36 Å². The molecule has 0 spiro atoms. The van der Waals surface area contributed by atoms with Crippen LogP contribution in [0.2, 0.25) is 10.0 Å². The number of rotatable bonds is 4. The van der Waals surface area contributed by atoms with Crippen LogP contribution in [0.15, 0.2) is 32.8 Å². The molecular formula is C18H23Cl2N5OS. The van der Waals surface area contributed by atoms with E-state index in [1.807, 2.05) is 0 Å². The largest absolute Gasteiger partial charge is 0.382 e. The Bertz CT molecular complexity index is 909. The van der Waals surface area contributed by atoms with E-state index in [0.717, 1.165) is 25.9 Å². The molecule has 27 heavy (non-hydrogen) atoms. The van der Waals surface area contributed by atoms with E-state index in [9.17, 15) is 4.79 Å². The van der Waals surface area contributed by atoms with Crippen LogP contribution in [0.1, 0.15) is 19.8 Å². The average Bonchev–Trinajstić information content (AvgIpc) is 2.64. The molecule has 1 aliphatic rings. The maximum Gasteiger partial charge on any atom is 0.270 e. The second-order valence-electron chi connectivity index (χ2n) is 7.17. The Balaban J connectivity index is 1.90. The van der Waals surface area contributed by atoms with Crippen LogP contribution in [0.4, 0.5) is 11.8 Å². The number of nitrogen functional groups attached to an aromatic ring is 1. The van der Waals surface area contributed by atoms with Crippen molar-refractivity contribution in [1.29, 1.82) is 0 Å². The summed E-state index contributed by atoms with van der Waals surface area (Å²) in [5.41, 5.74) is 12.0. The Kier molecular flexibility index (Phi) is 5.96. The number of nitrogens with two attached hydrogens (primary N) is 2. The van der Waals surface area contributed by atoms with Crippen molar-refractivity contribution in [3.63, 3.8) is 0 Å². The predicted molar refractivity (Wildman–Crippen MR) is 113 cm³/mol. The molecule has 2 aromatic rings. The summed E-state index contributed by atoms with van der Waals surface area (Å²) >= 11 is 13.4. The van der Waals surface area contributed by atoms with Gasteiger partial charge in [0.05, 0.1) is 5.02 Å². The number of nitrogens with zero attached hydrogens (tertiary/aromatic N) is 3. The van der Waals surface area contributed by atoms with E-state index >= 15 is 0 Å². The highest BCUT2D eigenvalue weighted by molar-refractivity contribution is 7.99. The minimum atomic E-state index is -0.194. The van der Waals surface area contributed by atoms with Crippen molar-refractivity contribution in [3.8, 4) is 0 Å². The van der Waals surface area contributed by atoms with Crippen LogP contribution >= 0.6 is 35.0 Å². The summed E-state index contributed by atoms with van der Waals surface area (Å²) in [6.07, 6.45) is 1.91. The molecule has 6 nitrogen and oxygen atoms in total. The standard InChI is InChI=1S/C18H23Cl2N5OS/c1-18(10-21)5-7-25(8-6-18)17-23-15(22)14(16(26)24(17)2)27-13-4-3-11(19)9-12(13)20/h3-4,9H,5-8,10,21-22H2,1-2H3. The Morgan fingerprint density at radius 1 is 1.30 bits per heavy atom. The van der Waals surface area contributed by atoms with Crippen molar-refractivity contribution in [2.75, 3.05) is 30.3 Å². The van der Waals surface area contributed by atoms with Gasteiger partial charge < -0.3 is 16.4 Å². The topological polar surface area (TPSA) is 90.2 Å². The monoisotopic (exact) mass is 427 g/mol. The summed E-state index contributed by atoms with van der Waals surface area (Å²) in [7, 11) is 1.72. The van der Waals surface area contributed by atoms with Gasteiger partial charge in [-0.25, -0.2) is 0 Å². The Hall–Kier alpha value is -1.41. The van der Waals surface area contributed by atoms with Gasteiger partial charge in [0.25, 0.3) is 5.56 Å². The van der Waals surface area contributed by atoms with Crippen LogP contribution in [0.3, 0.4) is 0 Å². The van der Waals surface area contributed by atoms with Crippen LogP contribution in [0.25, 0.3) is 0 Å². The Labute approximate surface area is 172 Å². The van der Waals surface area contributed by atoms with Gasteiger partial charge in [0.1, 0.15) is 10.7 Å². The van der Waals surface area contributed by atoms with Crippen molar-refractivity contribution in [3.05, 3.63) is 38.6 Å². The molecule has 0 aliphatic carbocycles. The SMILES string of the molecule is Cn1c(N2CCC(C)(CN)CC2)nc(N)c(Sc2ccc(Cl)cc2Cl)c1=O. The first-order valence-corrected chi connectivity index (χ1v) is 10.3. The predicted octanol–water partition coefficient (Wildman–Crippen LogP) is 3.39. The number of hydrogen-bond acceptors (Lipinski definition) is 6. The molecule has 0 radical (unpaired) electrons. The number of aromatic nitrogens is 2. The van der Waals surface area contributed by atoms with Crippen molar-refractivity contribution in [2.45, 2.75) is 29.6 Å². The lowest BCUT2D eigenvalue weighted by molar-refractivity contribution is 0.256. The summed E-state index contributed by atoms with van der Waals surface area (Å²) in [5, 5.41) is 1.00. The smallest absolute Gasteiger partial charge is 0.270 e. The molecule has 1 aromatic heterocycles. The van der Waals surface area contributed by atoms with Crippen LogP contribution in [-0.2, 0) is 7.05 Å². The zero-order chi connectivity index (χ0) is 19.8. The summed E-state index contributed by atoms with van der Waals surface area (Å²) in [5.74, 6) is 0.791. The maximum atomic E-state index is 12.9. The number of hydrogen-bond donors (Lipinski definition) is 2. The molecule has 1 aromatic carbocycles. The lowest BCUT2D eigenvalue weighted by Crippen LogP contribution is -2.44.